The van der Waals surface area contributed by atoms with Crippen molar-refractivity contribution in [2.24, 2.45) is 0 Å². The van der Waals surface area contributed by atoms with E-state index in [9.17, 15) is 0 Å². The van der Waals surface area contributed by atoms with Crippen molar-refractivity contribution >= 4 is 11.8 Å². The van der Waals surface area contributed by atoms with E-state index < -0.39 is 0 Å². The van der Waals surface area contributed by atoms with E-state index in [2.05, 4.69) is 12.2 Å². The van der Waals surface area contributed by atoms with Crippen molar-refractivity contribution in [3.05, 3.63) is 0 Å². The first-order valence-electron chi connectivity index (χ1n) is 5.23. The van der Waals surface area contributed by atoms with Gasteiger partial charge in [0.05, 0.1) is 6.10 Å². The number of thioether (sulfide) groups is 1. The molecular weight excluding hydrogens is 182 g/mol. The van der Waals surface area contributed by atoms with Crippen molar-refractivity contribution in [2.75, 3.05) is 25.2 Å². The summed E-state index contributed by atoms with van der Waals surface area (Å²) in [4.78, 5) is 0. The van der Waals surface area contributed by atoms with Crippen LogP contribution in [0.1, 0.15) is 26.2 Å². The Kier molecular flexibility index (Phi) is 5.83. The number of hydrogen-bond donors (Lipinski definition) is 1. The molecule has 0 aromatic carbocycles. The molecule has 1 fully saturated rings. The molecule has 78 valence electrons. The average Bonchev–Trinajstić information content (AvgIpc) is 2.65. The molecule has 2 atom stereocenters. The summed E-state index contributed by atoms with van der Waals surface area (Å²) >= 11 is 2.02. The van der Waals surface area contributed by atoms with Gasteiger partial charge in [-0.2, -0.15) is 11.8 Å². The molecule has 1 saturated heterocycles. The standard InChI is InChI=1S/C10H21NOS/c1-3-9(11-2)7-13-8-10-5-4-6-12-10/h9-11H,3-8H2,1-2H3. The number of rotatable bonds is 6. The van der Waals surface area contributed by atoms with E-state index in [1.54, 1.807) is 0 Å². The van der Waals surface area contributed by atoms with E-state index in [1.165, 1.54) is 30.8 Å². The third-order valence-electron chi connectivity index (χ3n) is 2.55. The summed E-state index contributed by atoms with van der Waals surface area (Å²) < 4.78 is 5.56. The summed E-state index contributed by atoms with van der Waals surface area (Å²) in [5, 5.41) is 3.32. The van der Waals surface area contributed by atoms with Crippen molar-refractivity contribution in [3.63, 3.8) is 0 Å². The molecule has 0 radical (unpaired) electrons. The van der Waals surface area contributed by atoms with Crippen LogP contribution >= 0.6 is 11.8 Å². The van der Waals surface area contributed by atoms with Crippen molar-refractivity contribution in [2.45, 2.75) is 38.3 Å². The molecule has 1 rings (SSSR count). The molecular formula is C10H21NOS. The fraction of sp³-hybridized carbons (Fsp3) is 1.00. The molecule has 0 bridgehead atoms. The van der Waals surface area contributed by atoms with Gasteiger partial charge in [0.25, 0.3) is 0 Å². The predicted molar refractivity (Wildman–Crippen MR) is 59.4 cm³/mol. The minimum Gasteiger partial charge on any atom is -0.377 e. The quantitative estimate of drug-likeness (QED) is 0.712. The van der Waals surface area contributed by atoms with E-state index in [0.717, 1.165) is 6.61 Å². The molecule has 1 aliphatic heterocycles. The monoisotopic (exact) mass is 203 g/mol. The van der Waals surface area contributed by atoms with E-state index >= 15 is 0 Å². The maximum absolute atomic E-state index is 5.56. The molecule has 0 saturated carbocycles. The number of nitrogens with one attached hydrogen (secondary N) is 1. The molecule has 0 spiro atoms. The first-order chi connectivity index (χ1) is 6.36. The van der Waals surface area contributed by atoms with Gasteiger partial charge in [0.2, 0.25) is 0 Å². The largest absolute Gasteiger partial charge is 0.377 e. The van der Waals surface area contributed by atoms with Crippen LogP contribution in [-0.4, -0.2) is 37.3 Å². The molecule has 1 heterocycles. The van der Waals surface area contributed by atoms with E-state index in [0.29, 0.717) is 12.1 Å². The van der Waals surface area contributed by atoms with E-state index in [4.69, 9.17) is 4.74 Å². The Morgan fingerprint density at radius 3 is 3.00 bits per heavy atom. The molecule has 0 aromatic rings. The second-order valence-electron chi connectivity index (χ2n) is 3.57. The topological polar surface area (TPSA) is 21.3 Å². The zero-order valence-corrected chi connectivity index (χ0v) is 9.53. The third kappa shape index (κ3) is 4.34. The van der Waals surface area contributed by atoms with Gasteiger partial charge in [-0.1, -0.05) is 6.92 Å². The van der Waals surface area contributed by atoms with Gasteiger partial charge in [0, 0.05) is 24.2 Å². The first kappa shape index (κ1) is 11.3. The molecule has 13 heavy (non-hydrogen) atoms. The van der Waals surface area contributed by atoms with Crippen LogP contribution in [0.25, 0.3) is 0 Å². The Labute approximate surface area is 85.8 Å². The van der Waals surface area contributed by atoms with Gasteiger partial charge in [-0.25, -0.2) is 0 Å². The molecule has 2 nitrogen and oxygen atoms in total. The number of ether oxygens (including phenoxy) is 1. The summed E-state index contributed by atoms with van der Waals surface area (Å²) in [5.41, 5.74) is 0. The molecule has 2 unspecified atom stereocenters. The van der Waals surface area contributed by atoms with E-state index in [-0.39, 0.29) is 0 Å². The molecule has 3 heteroatoms. The van der Waals surface area contributed by atoms with Crippen LogP contribution in [0, 0.1) is 0 Å². The highest BCUT2D eigenvalue weighted by molar-refractivity contribution is 7.99. The maximum atomic E-state index is 5.56. The van der Waals surface area contributed by atoms with Gasteiger partial charge >= 0.3 is 0 Å². The predicted octanol–water partition coefficient (Wildman–Crippen LogP) is 1.90. The third-order valence-corrected chi connectivity index (χ3v) is 3.79. The summed E-state index contributed by atoms with van der Waals surface area (Å²) in [5.74, 6) is 2.39. The van der Waals surface area contributed by atoms with Gasteiger partial charge in [0.15, 0.2) is 0 Å². The first-order valence-corrected chi connectivity index (χ1v) is 6.39. The van der Waals surface area contributed by atoms with Crippen LogP contribution in [0.15, 0.2) is 0 Å². The smallest absolute Gasteiger partial charge is 0.0666 e. The summed E-state index contributed by atoms with van der Waals surface area (Å²) in [6, 6.07) is 0.673. The Bertz CT molecular complexity index is 120. The van der Waals surface area contributed by atoms with Gasteiger partial charge in [-0.15, -0.1) is 0 Å². The average molecular weight is 203 g/mol. The van der Waals surface area contributed by atoms with Crippen molar-refractivity contribution in [1.29, 1.82) is 0 Å². The van der Waals surface area contributed by atoms with Gasteiger partial charge in [0.1, 0.15) is 0 Å². The lowest BCUT2D eigenvalue weighted by Crippen LogP contribution is -2.27. The Hall–Kier alpha value is 0.270. The van der Waals surface area contributed by atoms with Gasteiger partial charge < -0.3 is 10.1 Å². The lowest BCUT2D eigenvalue weighted by Gasteiger charge is -2.14. The second-order valence-corrected chi connectivity index (χ2v) is 4.64. The van der Waals surface area contributed by atoms with Crippen LogP contribution in [0.3, 0.4) is 0 Å². The maximum Gasteiger partial charge on any atom is 0.0666 e. The highest BCUT2D eigenvalue weighted by Gasteiger charge is 2.15. The second kappa shape index (κ2) is 6.68. The van der Waals surface area contributed by atoms with E-state index in [1.807, 2.05) is 18.8 Å². The summed E-state index contributed by atoms with van der Waals surface area (Å²) in [6.45, 7) is 3.21. The highest BCUT2D eigenvalue weighted by Crippen LogP contribution is 2.17. The zero-order chi connectivity index (χ0) is 9.52. The fourth-order valence-corrected chi connectivity index (χ4v) is 2.87. The summed E-state index contributed by atoms with van der Waals surface area (Å²) in [7, 11) is 2.04. The van der Waals surface area contributed by atoms with Crippen LogP contribution in [0.2, 0.25) is 0 Å². The fourth-order valence-electron chi connectivity index (χ4n) is 1.52. The minimum atomic E-state index is 0.541. The van der Waals surface area contributed by atoms with Crippen molar-refractivity contribution in [1.82, 2.24) is 5.32 Å². The Balaban J connectivity index is 1.98. The van der Waals surface area contributed by atoms with Crippen molar-refractivity contribution < 1.29 is 4.74 Å². The summed E-state index contributed by atoms with van der Waals surface area (Å²) in [6.07, 6.45) is 4.28. The molecule has 0 aromatic heterocycles. The van der Waals surface area contributed by atoms with Gasteiger partial charge in [-0.05, 0) is 26.3 Å². The molecule has 1 N–H and O–H groups in total. The Morgan fingerprint density at radius 1 is 1.62 bits per heavy atom. The number of hydrogen-bond acceptors (Lipinski definition) is 3. The molecule has 1 aliphatic rings. The lowest BCUT2D eigenvalue weighted by molar-refractivity contribution is 0.129. The van der Waals surface area contributed by atoms with Crippen LogP contribution < -0.4 is 5.32 Å². The van der Waals surface area contributed by atoms with Crippen LogP contribution in [0.4, 0.5) is 0 Å². The zero-order valence-electron chi connectivity index (χ0n) is 8.71. The van der Waals surface area contributed by atoms with Crippen LogP contribution in [-0.2, 0) is 4.74 Å². The van der Waals surface area contributed by atoms with Gasteiger partial charge in [-0.3, -0.25) is 0 Å². The molecule has 0 aliphatic carbocycles. The molecule has 0 amide bonds. The van der Waals surface area contributed by atoms with Crippen molar-refractivity contribution in [3.8, 4) is 0 Å². The normalized spacial score (nSPS) is 24.9. The Morgan fingerprint density at radius 2 is 2.46 bits per heavy atom. The minimum absolute atomic E-state index is 0.541. The lowest BCUT2D eigenvalue weighted by atomic mass is 10.3. The SMILES string of the molecule is CCC(CSCC1CCCO1)NC. The highest BCUT2D eigenvalue weighted by atomic mass is 32.2. The van der Waals surface area contributed by atoms with Crippen LogP contribution in [0.5, 0.6) is 0 Å².